The number of amides is 1. The largest absolute Gasteiger partial charge is 0.475 e. The average molecular weight is 336 g/mol. The number of carboxylic acid groups (broad SMARTS) is 1. The lowest BCUT2D eigenvalue weighted by Crippen LogP contribution is -2.44. The Bertz CT molecular complexity index is 818. The van der Waals surface area contributed by atoms with E-state index in [-0.39, 0.29) is 17.3 Å². The third-order valence-corrected chi connectivity index (χ3v) is 4.87. The van der Waals surface area contributed by atoms with Crippen molar-refractivity contribution in [3.8, 4) is 0 Å². The Hall–Kier alpha value is -2.26. The van der Waals surface area contributed by atoms with Crippen molar-refractivity contribution in [3.05, 3.63) is 26.6 Å². The van der Waals surface area contributed by atoms with E-state index < -0.39 is 5.97 Å². The number of aromatic amines is 1. The third kappa shape index (κ3) is 3.25. The lowest BCUT2D eigenvalue weighted by molar-refractivity contribution is -0.121. The fraction of sp³-hybridized carbons (Fsp3) is 0.429. The van der Waals surface area contributed by atoms with Gasteiger partial charge >= 0.3 is 5.97 Å². The molecular weight excluding hydrogens is 320 g/mol. The van der Waals surface area contributed by atoms with Gasteiger partial charge in [-0.1, -0.05) is 0 Å². The molecule has 9 heteroatoms. The number of H-pyrrole nitrogens is 1. The van der Waals surface area contributed by atoms with Crippen molar-refractivity contribution in [3.63, 3.8) is 0 Å². The highest BCUT2D eigenvalue weighted by atomic mass is 32.1. The smallest absolute Gasteiger partial charge is 0.372 e. The van der Waals surface area contributed by atoms with Gasteiger partial charge in [-0.05, 0) is 24.8 Å². The number of carboxylic acids is 1. The molecule has 4 N–H and O–H groups in total. The van der Waals surface area contributed by atoms with Gasteiger partial charge in [-0.2, -0.15) is 0 Å². The number of nitrogens with zero attached hydrogens (tertiary/aromatic N) is 1. The third-order valence-electron chi connectivity index (χ3n) is 3.69. The number of rotatable bonds is 1. The van der Waals surface area contributed by atoms with Crippen molar-refractivity contribution < 1.29 is 14.7 Å². The average Bonchev–Trinajstić information content (AvgIpc) is 3.08. The molecule has 4 rings (SSSR count). The van der Waals surface area contributed by atoms with Crippen LogP contribution in [-0.4, -0.2) is 46.6 Å². The Balaban J connectivity index is 0.000000188. The fourth-order valence-corrected chi connectivity index (χ4v) is 3.92. The van der Waals surface area contributed by atoms with Gasteiger partial charge in [0.25, 0.3) is 5.56 Å². The molecule has 2 aromatic rings. The summed E-state index contributed by atoms with van der Waals surface area (Å²) in [6.45, 7) is 2.17. The van der Waals surface area contributed by atoms with Gasteiger partial charge in [0.05, 0.1) is 11.9 Å². The van der Waals surface area contributed by atoms with Crippen LogP contribution in [0.15, 0.2) is 4.79 Å². The summed E-state index contributed by atoms with van der Waals surface area (Å²) in [7, 11) is 0. The van der Waals surface area contributed by atoms with E-state index in [2.05, 4.69) is 20.6 Å². The van der Waals surface area contributed by atoms with E-state index in [1.807, 2.05) is 0 Å². The molecule has 0 spiro atoms. The maximum absolute atomic E-state index is 11.8. The molecule has 1 amide bonds. The minimum Gasteiger partial charge on any atom is -0.475 e. The van der Waals surface area contributed by atoms with Gasteiger partial charge in [-0.25, -0.2) is 9.78 Å². The van der Waals surface area contributed by atoms with E-state index >= 15 is 0 Å². The lowest BCUT2D eigenvalue weighted by Gasteiger charge is -2.11. The molecule has 0 aromatic carbocycles. The van der Waals surface area contributed by atoms with Crippen LogP contribution in [0.3, 0.4) is 0 Å². The first-order chi connectivity index (χ1) is 11.1. The van der Waals surface area contributed by atoms with Crippen LogP contribution in [0.25, 0.3) is 10.2 Å². The summed E-state index contributed by atoms with van der Waals surface area (Å²) >= 11 is 1.44. The van der Waals surface area contributed by atoms with Crippen LogP contribution in [0, 0.1) is 0 Å². The monoisotopic (exact) mass is 336 g/mol. The topological polar surface area (TPSA) is 124 Å². The summed E-state index contributed by atoms with van der Waals surface area (Å²) in [6, 6.07) is 0. The van der Waals surface area contributed by atoms with E-state index in [0.717, 1.165) is 37.9 Å². The summed E-state index contributed by atoms with van der Waals surface area (Å²) in [5.41, 5.74) is 0.729. The highest BCUT2D eigenvalue weighted by molar-refractivity contribution is 7.18. The molecule has 0 unspecified atom stereocenters. The number of thiophene rings is 1. The van der Waals surface area contributed by atoms with E-state index in [4.69, 9.17) is 5.11 Å². The second-order valence-electron chi connectivity index (χ2n) is 5.28. The van der Waals surface area contributed by atoms with Crippen molar-refractivity contribution in [2.75, 3.05) is 19.6 Å². The number of hydrogen-bond acceptors (Lipinski definition) is 6. The van der Waals surface area contributed by atoms with E-state index in [1.165, 1.54) is 16.2 Å². The van der Waals surface area contributed by atoms with Crippen molar-refractivity contribution in [2.45, 2.75) is 19.3 Å². The first-order valence-electron chi connectivity index (χ1n) is 7.31. The van der Waals surface area contributed by atoms with E-state index in [1.54, 1.807) is 0 Å². The molecule has 1 aliphatic heterocycles. The molecule has 0 radical (unpaired) electrons. The van der Waals surface area contributed by atoms with Gasteiger partial charge in [0.15, 0.2) is 0 Å². The van der Waals surface area contributed by atoms with Crippen molar-refractivity contribution >= 4 is 33.4 Å². The van der Waals surface area contributed by atoms with Crippen LogP contribution >= 0.6 is 11.3 Å². The van der Waals surface area contributed by atoms with Crippen LogP contribution in [0.5, 0.6) is 0 Å². The Kier molecular flexibility index (Phi) is 4.39. The molecule has 2 aromatic heterocycles. The normalized spacial score (nSPS) is 16.4. The summed E-state index contributed by atoms with van der Waals surface area (Å²) in [4.78, 5) is 40.8. The van der Waals surface area contributed by atoms with Crippen LogP contribution in [0.4, 0.5) is 0 Å². The molecule has 0 saturated carbocycles. The van der Waals surface area contributed by atoms with Crippen LogP contribution < -0.4 is 16.2 Å². The van der Waals surface area contributed by atoms with Gasteiger partial charge in [-0.15, -0.1) is 11.3 Å². The number of aromatic carboxylic acids is 1. The SMILES string of the molecule is O=C(O)c1nc2sc3c(c2c(=O)[nH]1)CCC3.O=C1CNCCN1. The molecule has 3 heterocycles. The predicted octanol–water partition coefficient (Wildman–Crippen LogP) is -0.123. The van der Waals surface area contributed by atoms with Crippen molar-refractivity contribution in [1.29, 1.82) is 0 Å². The second-order valence-corrected chi connectivity index (χ2v) is 6.37. The highest BCUT2D eigenvalue weighted by Gasteiger charge is 2.22. The van der Waals surface area contributed by atoms with Gasteiger partial charge < -0.3 is 20.7 Å². The van der Waals surface area contributed by atoms with Gasteiger partial charge in [-0.3, -0.25) is 9.59 Å². The molecule has 122 valence electrons. The second kappa shape index (κ2) is 6.47. The Morgan fingerprint density at radius 1 is 1.22 bits per heavy atom. The quantitative estimate of drug-likeness (QED) is 0.575. The maximum atomic E-state index is 11.8. The molecule has 1 aliphatic carbocycles. The summed E-state index contributed by atoms with van der Waals surface area (Å²) in [6.07, 6.45) is 2.93. The number of fused-ring (bicyclic) bond motifs is 3. The molecule has 0 bridgehead atoms. The molecular formula is C14H16N4O4S. The highest BCUT2D eigenvalue weighted by Crippen LogP contribution is 2.34. The van der Waals surface area contributed by atoms with Crippen LogP contribution in [0.1, 0.15) is 27.5 Å². The van der Waals surface area contributed by atoms with Crippen LogP contribution in [-0.2, 0) is 17.6 Å². The van der Waals surface area contributed by atoms with Gasteiger partial charge in [0.1, 0.15) is 4.83 Å². The zero-order valence-electron chi connectivity index (χ0n) is 12.3. The van der Waals surface area contributed by atoms with E-state index in [0.29, 0.717) is 16.8 Å². The number of nitrogens with one attached hydrogen (secondary N) is 3. The summed E-state index contributed by atoms with van der Waals surface area (Å²) < 4.78 is 0. The first-order valence-corrected chi connectivity index (χ1v) is 8.13. The minimum atomic E-state index is -1.20. The van der Waals surface area contributed by atoms with Crippen molar-refractivity contribution in [1.82, 2.24) is 20.6 Å². The lowest BCUT2D eigenvalue weighted by atomic mass is 10.2. The zero-order chi connectivity index (χ0) is 16.4. The molecule has 0 atom stereocenters. The van der Waals surface area contributed by atoms with Crippen LogP contribution in [0.2, 0.25) is 0 Å². The maximum Gasteiger partial charge on any atom is 0.372 e. The molecule has 2 aliphatic rings. The minimum absolute atomic E-state index is 0.103. The predicted molar refractivity (Wildman–Crippen MR) is 85.1 cm³/mol. The first kappa shape index (κ1) is 15.6. The van der Waals surface area contributed by atoms with Crippen molar-refractivity contribution in [2.24, 2.45) is 0 Å². The molecule has 8 nitrogen and oxygen atoms in total. The number of piperazine rings is 1. The Morgan fingerprint density at radius 2 is 2.04 bits per heavy atom. The molecule has 1 fully saturated rings. The molecule has 23 heavy (non-hydrogen) atoms. The van der Waals surface area contributed by atoms with Gasteiger partial charge in [0.2, 0.25) is 11.7 Å². The molecule has 1 saturated heterocycles. The zero-order valence-corrected chi connectivity index (χ0v) is 13.1. The Morgan fingerprint density at radius 3 is 2.65 bits per heavy atom. The standard InChI is InChI=1S/C10H8N2O3S.C4H8N2O/c13-8-6-4-2-1-3-5(4)16-9(6)12-7(11-8)10(14)15;7-4-3-5-1-2-6-4/h1-3H2,(H,14,15)(H,11,12,13);5H,1-3H2,(H,6,7). The van der Waals surface area contributed by atoms with E-state index in [9.17, 15) is 14.4 Å². The summed E-state index contributed by atoms with van der Waals surface area (Å²) in [5, 5.41) is 15.0. The summed E-state index contributed by atoms with van der Waals surface area (Å²) in [5.74, 6) is -1.38. The fourth-order valence-electron chi connectivity index (χ4n) is 2.66. The number of aromatic nitrogens is 2. The van der Waals surface area contributed by atoms with Gasteiger partial charge in [0, 0.05) is 18.0 Å². The Labute approximate surface area is 134 Å². The number of hydrogen-bond donors (Lipinski definition) is 4. The number of aryl methyl sites for hydroxylation is 2. The number of carbonyl (C=O) groups is 2. The number of carbonyl (C=O) groups excluding carboxylic acids is 1.